The number of hydrogen-bond acceptors (Lipinski definition) is 2. The molecule has 0 unspecified atom stereocenters. The van der Waals surface area contributed by atoms with Gasteiger partial charge in [0.25, 0.3) is 0 Å². The molecular weight excluding hydrogens is 234 g/mol. The number of unbranched alkanes of at least 4 members (excludes halogenated alkanes) is 3. The second kappa shape index (κ2) is 7.06. The SMILES string of the molecule is CCCCCCn1nnc(CC(C)C)c1C(C)(C)C. The fourth-order valence-electron chi connectivity index (χ4n) is 2.54. The van der Waals surface area contributed by atoms with Crippen molar-refractivity contribution in [3.05, 3.63) is 11.4 Å². The van der Waals surface area contributed by atoms with Gasteiger partial charge >= 0.3 is 0 Å². The molecule has 3 heteroatoms. The number of aryl methyl sites for hydroxylation is 1. The molecule has 0 aromatic carbocycles. The molecule has 0 aliphatic rings. The predicted molar refractivity (Wildman–Crippen MR) is 81.4 cm³/mol. The van der Waals surface area contributed by atoms with Gasteiger partial charge in [0.05, 0.1) is 11.4 Å². The molecule has 1 heterocycles. The summed E-state index contributed by atoms with van der Waals surface area (Å²) in [7, 11) is 0. The van der Waals surface area contributed by atoms with E-state index in [2.05, 4.69) is 56.5 Å². The summed E-state index contributed by atoms with van der Waals surface area (Å²) in [6.45, 7) is 14.5. The molecular formula is C16H31N3. The minimum Gasteiger partial charge on any atom is -0.249 e. The molecule has 19 heavy (non-hydrogen) atoms. The molecule has 0 N–H and O–H groups in total. The van der Waals surface area contributed by atoms with Crippen molar-refractivity contribution in [3.8, 4) is 0 Å². The Bertz CT molecular complexity index is 372. The van der Waals surface area contributed by atoms with Crippen LogP contribution in [0.5, 0.6) is 0 Å². The van der Waals surface area contributed by atoms with Crippen LogP contribution in [-0.2, 0) is 18.4 Å². The van der Waals surface area contributed by atoms with Gasteiger partial charge in [-0.3, -0.25) is 0 Å². The zero-order valence-corrected chi connectivity index (χ0v) is 13.7. The lowest BCUT2D eigenvalue weighted by Gasteiger charge is -2.22. The summed E-state index contributed by atoms with van der Waals surface area (Å²) >= 11 is 0. The molecule has 0 bridgehead atoms. The Kier molecular flexibility index (Phi) is 6.02. The van der Waals surface area contributed by atoms with E-state index in [9.17, 15) is 0 Å². The van der Waals surface area contributed by atoms with E-state index in [1.807, 2.05) is 0 Å². The summed E-state index contributed by atoms with van der Waals surface area (Å²) in [5, 5.41) is 8.83. The molecule has 0 radical (unpaired) electrons. The lowest BCUT2D eigenvalue weighted by molar-refractivity contribution is 0.455. The molecule has 110 valence electrons. The molecule has 0 aliphatic carbocycles. The predicted octanol–water partition coefficient (Wildman–Crippen LogP) is 4.35. The van der Waals surface area contributed by atoms with Crippen molar-refractivity contribution in [2.45, 2.75) is 85.6 Å². The maximum atomic E-state index is 4.43. The molecule has 0 saturated carbocycles. The van der Waals surface area contributed by atoms with E-state index < -0.39 is 0 Å². The van der Waals surface area contributed by atoms with Gasteiger partial charge in [-0.05, 0) is 18.8 Å². The van der Waals surface area contributed by atoms with Crippen molar-refractivity contribution in [1.82, 2.24) is 15.0 Å². The average molecular weight is 265 g/mol. The third-order valence-electron chi connectivity index (χ3n) is 3.34. The summed E-state index contributed by atoms with van der Waals surface area (Å²) in [6, 6.07) is 0. The first-order valence-corrected chi connectivity index (χ1v) is 7.79. The van der Waals surface area contributed by atoms with Gasteiger partial charge in [-0.2, -0.15) is 0 Å². The van der Waals surface area contributed by atoms with Crippen molar-refractivity contribution in [1.29, 1.82) is 0 Å². The van der Waals surface area contributed by atoms with E-state index >= 15 is 0 Å². The van der Waals surface area contributed by atoms with Crippen LogP contribution in [0.3, 0.4) is 0 Å². The lowest BCUT2D eigenvalue weighted by atomic mass is 9.88. The van der Waals surface area contributed by atoms with Crippen LogP contribution in [0.4, 0.5) is 0 Å². The van der Waals surface area contributed by atoms with Gasteiger partial charge < -0.3 is 0 Å². The second-order valence-electron chi connectivity index (χ2n) is 7.02. The largest absolute Gasteiger partial charge is 0.249 e. The summed E-state index contributed by atoms with van der Waals surface area (Å²) in [4.78, 5) is 0. The lowest BCUT2D eigenvalue weighted by Crippen LogP contribution is -2.21. The highest BCUT2D eigenvalue weighted by atomic mass is 15.4. The summed E-state index contributed by atoms with van der Waals surface area (Å²) in [5.74, 6) is 0.631. The van der Waals surface area contributed by atoms with Gasteiger partial charge in [0.2, 0.25) is 0 Å². The van der Waals surface area contributed by atoms with Gasteiger partial charge in [-0.25, -0.2) is 4.68 Å². The van der Waals surface area contributed by atoms with Crippen molar-refractivity contribution < 1.29 is 0 Å². The minimum atomic E-state index is 0.123. The van der Waals surface area contributed by atoms with Gasteiger partial charge in [-0.15, -0.1) is 5.10 Å². The van der Waals surface area contributed by atoms with Crippen LogP contribution in [0.15, 0.2) is 0 Å². The monoisotopic (exact) mass is 265 g/mol. The van der Waals surface area contributed by atoms with E-state index in [4.69, 9.17) is 0 Å². The van der Waals surface area contributed by atoms with Crippen LogP contribution in [0.1, 0.15) is 78.6 Å². The van der Waals surface area contributed by atoms with Crippen LogP contribution in [0.25, 0.3) is 0 Å². The highest BCUT2D eigenvalue weighted by Crippen LogP contribution is 2.26. The first-order chi connectivity index (χ1) is 8.86. The smallest absolute Gasteiger partial charge is 0.0867 e. The third kappa shape index (κ3) is 4.96. The Morgan fingerprint density at radius 3 is 2.32 bits per heavy atom. The molecule has 0 fully saturated rings. The maximum Gasteiger partial charge on any atom is 0.0867 e. The molecule has 0 saturated heterocycles. The highest BCUT2D eigenvalue weighted by Gasteiger charge is 2.25. The molecule has 0 amide bonds. The van der Waals surface area contributed by atoms with Crippen LogP contribution in [0, 0.1) is 5.92 Å². The Hall–Kier alpha value is -0.860. The number of aromatic nitrogens is 3. The molecule has 0 aliphatic heterocycles. The zero-order chi connectivity index (χ0) is 14.5. The van der Waals surface area contributed by atoms with Crippen LogP contribution < -0.4 is 0 Å². The van der Waals surface area contributed by atoms with Crippen molar-refractivity contribution in [3.63, 3.8) is 0 Å². The van der Waals surface area contributed by atoms with E-state index in [0.717, 1.165) is 13.0 Å². The quantitative estimate of drug-likeness (QED) is 0.686. The summed E-state index contributed by atoms with van der Waals surface area (Å²) in [5.41, 5.74) is 2.65. The first-order valence-electron chi connectivity index (χ1n) is 7.79. The van der Waals surface area contributed by atoms with Gasteiger partial charge in [0.15, 0.2) is 0 Å². The number of hydrogen-bond donors (Lipinski definition) is 0. The van der Waals surface area contributed by atoms with Crippen LogP contribution in [-0.4, -0.2) is 15.0 Å². The number of nitrogens with zero attached hydrogens (tertiary/aromatic N) is 3. The summed E-state index contributed by atoms with van der Waals surface area (Å²) in [6.07, 6.45) is 6.13. The van der Waals surface area contributed by atoms with Crippen LogP contribution in [0.2, 0.25) is 0 Å². The van der Waals surface area contributed by atoms with Crippen molar-refractivity contribution in [2.24, 2.45) is 5.92 Å². The molecule has 0 atom stereocenters. The Morgan fingerprint density at radius 1 is 1.11 bits per heavy atom. The second-order valence-corrected chi connectivity index (χ2v) is 7.02. The maximum absolute atomic E-state index is 4.43. The normalized spacial score (nSPS) is 12.4. The standard InChI is InChI=1S/C16H31N3/c1-7-8-9-10-11-19-15(16(4,5)6)14(17-18-19)12-13(2)3/h13H,7-12H2,1-6H3. The Morgan fingerprint density at radius 2 is 1.79 bits per heavy atom. The number of rotatable bonds is 7. The Balaban J connectivity index is 2.83. The van der Waals surface area contributed by atoms with E-state index in [-0.39, 0.29) is 5.41 Å². The molecule has 3 nitrogen and oxygen atoms in total. The van der Waals surface area contributed by atoms with Gasteiger partial charge in [0, 0.05) is 12.0 Å². The van der Waals surface area contributed by atoms with E-state index in [0.29, 0.717) is 5.92 Å². The molecule has 1 aromatic heterocycles. The van der Waals surface area contributed by atoms with Gasteiger partial charge in [0.1, 0.15) is 0 Å². The Labute approximate surface area is 118 Å². The fraction of sp³-hybridized carbons (Fsp3) is 0.875. The molecule has 1 rings (SSSR count). The first kappa shape index (κ1) is 16.2. The van der Waals surface area contributed by atoms with Gasteiger partial charge in [-0.1, -0.05) is 66.0 Å². The topological polar surface area (TPSA) is 30.7 Å². The molecule has 0 spiro atoms. The minimum absolute atomic E-state index is 0.123. The fourth-order valence-corrected chi connectivity index (χ4v) is 2.54. The van der Waals surface area contributed by atoms with Crippen molar-refractivity contribution in [2.75, 3.05) is 0 Å². The van der Waals surface area contributed by atoms with Crippen molar-refractivity contribution >= 4 is 0 Å². The molecule has 1 aromatic rings. The van der Waals surface area contributed by atoms with E-state index in [1.54, 1.807) is 0 Å². The summed E-state index contributed by atoms with van der Waals surface area (Å²) < 4.78 is 2.15. The zero-order valence-electron chi connectivity index (χ0n) is 13.7. The van der Waals surface area contributed by atoms with Crippen LogP contribution >= 0.6 is 0 Å². The van der Waals surface area contributed by atoms with E-state index in [1.165, 1.54) is 37.1 Å². The average Bonchev–Trinajstić information content (AvgIpc) is 2.66. The highest BCUT2D eigenvalue weighted by molar-refractivity contribution is 5.19. The third-order valence-corrected chi connectivity index (χ3v) is 3.34.